The van der Waals surface area contributed by atoms with Crippen LogP contribution in [0.25, 0.3) is 0 Å². The Bertz CT molecular complexity index is 582. The van der Waals surface area contributed by atoms with Crippen LogP contribution in [0.3, 0.4) is 0 Å². The van der Waals surface area contributed by atoms with Gasteiger partial charge in [0, 0.05) is 24.9 Å². The van der Waals surface area contributed by atoms with E-state index in [0.717, 1.165) is 23.9 Å². The normalized spacial score (nSPS) is 15.5. The fraction of sp³-hybridized carbons (Fsp3) is 0.438. The topological polar surface area (TPSA) is 56.5 Å². The first-order valence-corrected chi connectivity index (χ1v) is 8.40. The maximum absolute atomic E-state index is 9.31. The lowest BCUT2D eigenvalue weighted by Gasteiger charge is -2.10. The predicted octanol–water partition coefficient (Wildman–Crippen LogP) is 2.28. The van der Waals surface area contributed by atoms with Gasteiger partial charge in [-0.3, -0.25) is 0 Å². The van der Waals surface area contributed by atoms with Crippen LogP contribution in [0.15, 0.2) is 41.7 Å². The van der Waals surface area contributed by atoms with Gasteiger partial charge in [-0.2, -0.15) is 0 Å². The van der Waals surface area contributed by atoms with Crippen LogP contribution in [0.5, 0.6) is 0 Å². The molecule has 0 saturated carbocycles. The highest BCUT2D eigenvalue weighted by Gasteiger charge is 2.16. The van der Waals surface area contributed by atoms with E-state index < -0.39 is 0 Å². The summed E-state index contributed by atoms with van der Waals surface area (Å²) >= 11 is 1.67. The van der Waals surface area contributed by atoms with Crippen molar-refractivity contribution in [3.8, 4) is 0 Å². The molecule has 6 heteroatoms. The van der Waals surface area contributed by atoms with Crippen LogP contribution < -0.4 is 0 Å². The molecule has 118 valence electrons. The molecule has 3 rings (SSSR count). The number of nitrogens with zero attached hydrogens (tertiary/aromatic N) is 2. The Labute approximate surface area is 134 Å². The Morgan fingerprint density at radius 2 is 2.00 bits per heavy atom. The Morgan fingerprint density at radius 1 is 1.23 bits per heavy atom. The summed E-state index contributed by atoms with van der Waals surface area (Å²) in [6.45, 7) is 2.09. The minimum atomic E-state index is -0.0812. The molecule has 2 heterocycles. The number of benzene rings is 1. The van der Waals surface area contributed by atoms with Gasteiger partial charge in [0.05, 0.1) is 25.5 Å². The molecular formula is C16H20N2O3S. The summed E-state index contributed by atoms with van der Waals surface area (Å²) in [5, 5.41) is 10.2. The molecule has 1 N–H and O–H groups in total. The second-order valence-corrected chi connectivity index (χ2v) is 6.16. The van der Waals surface area contributed by atoms with Gasteiger partial charge >= 0.3 is 0 Å². The maximum Gasteiger partial charge on any atom is 0.168 e. The van der Waals surface area contributed by atoms with Crippen LogP contribution in [-0.4, -0.2) is 39.9 Å². The lowest BCUT2D eigenvalue weighted by Crippen LogP contribution is -2.09. The summed E-state index contributed by atoms with van der Waals surface area (Å²) < 4.78 is 13.0. The van der Waals surface area contributed by atoms with Crippen molar-refractivity contribution in [3.63, 3.8) is 0 Å². The average Bonchev–Trinajstić information content (AvgIpc) is 3.19. The van der Waals surface area contributed by atoms with Gasteiger partial charge < -0.3 is 19.1 Å². The first-order chi connectivity index (χ1) is 10.8. The van der Waals surface area contributed by atoms with Crippen LogP contribution >= 0.6 is 11.8 Å². The van der Waals surface area contributed by atoms with Crippen molar-refractivity contribution in [3.05, 3.63) is 47.8 Å². The minimum Gasteiger partial charge on any atom is -0.390 e. The van der Waals surface area contributed by atoms with E-state index in [4.69, 9.17) is 9.47 Å². The van der Waals surface area contributed by atoms with Crippen LogP contribution in [0, 0.1) is 0 Å². The summed E-state index contributed by atoms with van der Waals surface area (Å²) in [5.41, 5.74) is 1.92. The van der Waals surface area contributed by atoms with Crippen molar-refractivity contribution in [1.29, 1.82) is 0 Å². The predicted molar refractivity (Wildman–Crippen MR) is 84.7 cm³/mol. The fourth-order valence-corrected chi connectivity index (χ4v) is 3.31. The second kappa shape index (κ2) is 7.78. The molecule has 1 aromatic heterocycles. The molecule has 0 aliphatic carbocycles. The number of hydrogen-bond donors (Lipinski definition) is 1. The summed E-state index contributed by atoms with van der Waals surface area (Å²) in [6, 6.07) is 10.2. The third-order valence-corrected chi connectivity index (χ3v) is 4.45. The fourth-order valence-electron chi connectivity index (χ4n) is 2.36. The quantitative estimate of drug-likeness (QED) is 0.793. The number of imidazole rings is 1. The number of thioether (sulfide) groups is 1. The second-order valence-electron chi connectivity index (χ2n) is 5.09. The Kier molecular flexibility index (Phi) is 5.50. The highest BCUT2D eigenvalue weighted by atomic mass is 32.2. The highest BCUT2D eigenvalue weighted by Crippen LogP contribution is 2.22. The SMILES string of the molecule is OCc1cn(Cc2ccccc2)c(SCCC2OCCO2)n1. The lowest BCUT2D eigenvalue weighted by molar-refractivity contribution is -0.0421. The molecule has 0 atom stereocenters. The Hall–Kier alpha value is -1.34. The molecule has 5 nitrogen and oxygen atoms in total. The molecule has 22 heavy (non-hydrogen) atoms. The molecule has 1 aliphatic heterocycles. The molecule has 0 amide bonds. The van der Waals surface area contributed by atoms with Gasteiger partial charge in [0.1, 0.15) is 0 Å². The maximum atomic E-state index is 9.31. The van der Waals surface area contributed by atoms with E-state index in [0.29, 0.717) is 18.9 Å². The number of rotatable bonds is 7. The van der Waals surface area contributed by atoms with E-state index in [1.807, 2.05) is 24.4 Å². The summed E-state index contributed by atoms with van der Waals surface area (Å²) in [7, 11) is 0. The van der Waals surface area contributed by atoms with E-state index in [1.54, 1.807) is 11.8 Å². The van der Waals surface area contributed by atoms with Gasteiger partial charge in [-0.1, -0.05) is 42.1 Å². The highest BCUT2D eigenvalue weighted by molar-refractivity contribution is 7.99. The lowest BCUT2D eigenvalue weighted by atomic mass is 10.2. The van der Waals surface area contributed by atoms with Gasteiger partial charge in [0.15, 0.2) is 11.4 Å². The third kappa shape index (κ3) is 4.10. The van der Waals surface area contributed by atoms with E-state index >= 15 is 0 Å². The van der Waals surface area contributed by atoms with Crippen LogP contribution in [0.4, 0.5) is 0 Å². The number of aromatic nitrogens is 2. The van der Waals surface area contributed by atoms with Crippen molar-refractivity contribution in [1.82, 2.24) is 9.55 Å². The minimum absolute atomic E-state index is 0.0375. The van der Waals surface area contributed by atoms with Crippen molar-refractivity contribution in [2.45, 2.75) is 31.0 Å². The molecule has 1 fully saturated rings. The number of hydrogen-bond acceptors (Lipinski definition) is 5. The molecule has 0 bridgehead atoms. The van der Waals surface area contributed by atoms with E-state index in [2.05, 4.69) is 21.7 Å². The Morgan fingerprint density at radius 3 is 2.73 bits per heavy atom. The Balaban J connectivity index is 1.62. The molecule has 2 aromatic rings. The molecular weight excluding hydrogens is 300 g/mol. The van der Waals surface area contributed by atoms with Gasteiger partial charge in [-0.25, -0.2) is 4.98 Å². The van der Waals surface area contributed by atoms with Gasteiger partial charge in [0.25, 0.3) is 0 Å². The van der Waals surface area contributed by atoms with Gasteiger partial charge in [-0.05, 0) is 5.56 Å². The zero-order chi connectivity index (χ0) is 15.2. The van der Waals surface area contributed by atoms with Crippen molar-refractivity contribution >= 4 is 11.8 Å². The first-order valence-electron chi connectivity index (χ1n) is 7.42. The number of aliphatic hydroxyl groups excluding tert-OH is 1. The van der Waals surface area contributed by atoms with Crippen molar-refractivity contribution in [2.75, 3.05) is 19.0 Å². The first kappa shape index (κ1) is 15.6. The average molecular weight is 320 g/mol. The zero-order valence-electron chi connectivity index (χ0n) is 12.4. The van der Waals surface area contributed by atoms with Gasteiger partial charge in [-0.15, -0.1) is 0 Å². The van der Waals surface area contributed by atoms with Crippen molar-refractivity contribution < 1.29 is 14.6 Å². The molecule has 1 aliphatic rings. The monoisotopic (exact) mass is 320 g/mol. The molecule has 1 saturated heterocycles. The van der Waals surface area contributed by atoms with Crippen molar-refractivity contribution in [2.24, 2.45) is 0 Å². The smallest absolute Gasteiger partial charge is 0.168 e. The standard InChI is InChI=1S/C16H20N2O3S/c19-12-14-11-18(10-13-4-2-1-3-5-13)16(17-14)22-9-6-15-20-7-8-21-15/h1-5,11,15,19H,6-10,12H2. The molecule has 0 unspecified atom stereocenters. The summed E-state index contributed by atoms with van der Waals surface area (Å²) in [5.74, 6) is 0.876. The van der Waals surface area contributed by atoms with E-state index in [9.17, 15) is 5.11 Å². The van der Waals surface area contributed by atoms with Gasteiger partial charge in [0.2, 0.25) is 0 Å². The number of aliphatic hydroxyl groups is 1. The molecule has 1 aromatic carbocycles. The van der Waals surface area contributed by atoms with Crippen LogP contribution in [0.2, 0.25) is 0 Å². The third-order valence-electron chi connectivity index (χ3n) is 3.42. The summed E-state index contributed by atoms with van der Waals surface area (Å²) in [6.07, 6.45) is 2.68. The number of ether oxygens (including phenoxy) is 2. The van der Waals surface area contributed by atoms with E-state index in [-0.39, 0.29) is 12.9 Å². The van der Waals surface area contributed by atoms with Crippen LogP contribution in [-0.2, 0) is 22.6 Å². The largest absolute Gasteiger partial charge is 0.390 e. The molecule has 0 radical (unpaired) electrons. The zero-order valence-corrected chi connectivity index (χ0v) is 13.2. The van der Waals surface area contributed by atoms with E-state index in [1.165, 1.54) is 5.56 Å². The molecule has 0 spiro atoms. The summed E-state index contributed by atoms with van der Waals surface area (Å²) in [4.78, 5) is 4.48. The van der Waals surface area contributed by atoms with Crippen LogP contribution in [0.1, 0.15) is 17.7 Å².